The summed E-state index contributed by atoms with van der Waals surface area (Å²) < 4.78 is 5.43. The summed E-state index contributed by atoms with van der Waals surface area (Å²) in [6.45, 7) is 8.14. The first-order valence-electron chi connectivity index (χ1n) is 9.15. The molecule has 2 aliphatic rings. The summed E-state index contributed by atoms with van der Waals surface area (Å²) in [6, 6.07) is 10.2. The number of nitrogens with zero attached hydrogens (tertiary/aromatic N) is 5. The molecule has 26 heavy (non-hydrogen) atoms. The van der Waals surface area contributed by atoms with Crippen LogP contribution in [0.2, 0.25) is 5.02 Å². The molecule has 3 heterocycles. The summed E-state index contributed by atoms with van der Waals surface area (Å²) in [7, 11) is 0. The van der Waals surface area contributed by atoms with Gasteiger partial charge in [-0.15, -0.1) is 0 Å². The van der Waals surface area contributed by atoms with Gasteiger partial charge in [0, 0.05) is 56.9 Å². The van der Waals surface area contributed by atoms with Crippen molar-refractivity contribution in [3.8, 4) is 0 Å². The minimum Gasteiger partial charge on any atom is -0.378 e. The molecular weight excluding hydrogens is 350 g/mol. The fourth-order valence-electron chi connectivity index (χ4n) is 3.48. The Morgan fingerprint density at radius 1 is 0.885 bits per heavy atom. The van der Waals surface area contributed by atoms with Crippen LogP contribution in [0.1, 0.15) is 5.56 Å². The maximum atomic E-state index is 6.29. The number of anilines is 2. The van der Waals surface area contributed by atoms with Crippen molar-refractivity contribution < 1.29 is 4.74 Å². The van der Waals surface area contributed by atoms with E-state index in [1.165, 1.54) is 5.56 Å². The molecular formula is C19H24ClN5O. The van der Waals surface area contributed by atoms with Gasteiger partial charge in [0.25, 0.3) is 0 Å². The van der Waals surface area contributed by atoms with Crippen molar-refractivity contribution in [1.29, 1.82) is 0 Å². The molecule has 0 unspecified atom stereocenters. The zero-order valence-electron chi connectivity index (χ0n) is 14.9. The largest absolute Gasteiger partial charge is 0.378 e. The number of halogens is 1. The predicted octanol–water partition coefficient (Wildman–Crippen LogP) is 2.29. The Morgan fingerprint density at radius 3 is 2.23 bits per heavy atom. The van der Waals surface area contributed by atoms with Gasteiger partial charge in [-0.2, -0.15) is 0 Å². The number of rotatable bonds is 4. The molecule has 1 aromatic heterocycles. The molecule has 6 nitrogen and oxygen atoms in total. The third-order valence-corrected chi connectivity index (χ3v) is 5.39. The molecule has 0 spiro atoms. The Bertz CT molecular complexity index is 729. The summed E-state index contributed by atoms with van der Waals surface area (Å²) in [5.41, 5.74) is 1.19. The molecule has 0 saturated carbocycles. The van der Waals surface area contributed by atoms with E-state index in [4.69, 9.17) is 16.3 Å². The van der Waals surface area contributed by atoms with Gasteiger partial charge in [-0.05, 0) is 11.6 Å². The van der Waals surface area contributed by atoms with Crippen molar-refractivity contribution in [2.75, 3.05) is 62.3 Å². The molecule has 0 radical (unpaired) electrons. The highest BCUT2D eigenvalue weighted by molar-refractivity contribution is 6.31. The van der Waals surface area contributed by atoms with Gasteiger partial charge in [-0.25, -0.2) is 9.97 Å². The Kier molecular flexibility index (Phi) is 5.53. The minimum atomic E-state index is 0.764. The van der Waals surface area contributed by atoms with Crippen LogP contribution in [0.5, 0.6) is 0 Å². The second kappa shape index (κ2) is 8.20. The van der Waals surface area contributed by atoms with Crippen LogP contribution in [0.4, 0.5) is 11.6 Å². The monoisotopic (exact) mass is 373 g/mol. The van der Waals surface area contributed by atoms with Crippen LogP contribution in [0.3, 0.4) is 0 Å². The first kappa shape index (κ1) is 17.5. The Labute approximate surface area is 159 Å². The quantitative estimate of drug-likeness (QED) is 0.819. The van der Waals surface area contributed by atoms with Gasteiger partial charge >= 0.3 is 0 Å². The average molecular weight is 374 g/mol. The SMILES string of the molecule is Clc1ccccc1CN1CCN(c2cc(N3CCOCC3)ncn2)CC1. The Hall–Kier alpha value is -1.89. The molecule has 2 fully saturated rings. The lowest BCUT2D eigenvalue weighted by Crippen LogP contribution is -2.46. The molecule has 1 aromatic carbocycles. The Morgan fingerprint density at radius 2 is 1.54 bits per heavy atom. The predicted molar refractivity (Wildman–Crippen MR) is 104 cm³/mol. The van der Waals surface area contributed by atoms with Crippen molar-refractivity contribution in [2.45, 2.75) is 6.54 Å². The van der Waals surface area contributed by atoms with Gasteiger partial charge in [0.1, 0.15) is 18.0 Å². The van der Waals surface area contributed by atoms with E-state index in [0.717, 1.165) is 75.7 Å². The highest BCUT2D eigenvalue weighted by Gasteiger charge is 2.20. The molecule has 0 bridgehead atoms. The third-order valence-electron chi connectivity index (χ3n) is 5.02. The van der Waals surface area contributed by atoms with Crippen LogP contribution in [-0.2, 0) is 11.3 Å². The number of benzene rings is 1. The highest BCUT2D eigenvalue weighted by Crippen LogP contribution is 2.21. The lowest BCUT2D eigenvalue weighted by atomic mass is 10.2. The second-order valence-corrected chi connectivity index (χ2v) is 7.10. The molecule has 4 rings (SSSR count). The van der Waals surface area contributed by atoms with Crippen molar-refractivity contribution in [3.05, 3.63) is 47.2 Å². The highest BCUT2D eigenvalue weighted by atomic mass is 35.5. The summed E-state index contributed by atoms with van der Waals surface area (Å²) in [4.78, 5) is 16.0. The van der Waals surface area contributed by atoms with Crippen LogP contribution in [0, 0.1) is 0 Å². The van der Waals surface area contributed by atoms with Crippen molar-refractivity contribution in [2.24, 2.45) is 0 Å². The molecule has 138 valence electrons. The maximum absolute atomic E-state index is 6.29. The van der Waals surface area contributed by atoms with Gasteiger partial charge < -0.3 is 14.5 Å². The molecule has 2 aliphatic heterocycles. The minimum absolute atomic E-state index is 0.764. The van der Waals surface area contributed by atoms with E-state index in [0.29, 0.717) is 0 Å². The van der Waals surface area contributed by atoms with Gasteiger partial charge in [0.05, 0.1) is 13.2 Å². The zero-order chi connectivity index (χ0) is 17.8. The van der Waals surface area contributed by atoms with E-state index in [1.807, 2.05) is 18.2 Å². The van der Waals surface area contributed by atoms with Gasteiger partial charge in [-0.1, -0.05) is 29.8 Å². The van der Waals surface area contributed by atoms with Crippen LogP contribution in [-0.4, -0.2) is 67.4 Å². The van der Waals surface area contributed by atoms with E-state index in [-0.39, 0.29) is 0 Å². The number of morpholine rings is 1. The number of hydrogen-bond acceptors (Lipinski definition) is 6. The summed E-state index contributed by atoms with van der Waals surface area (Å²) >= 11 is 6.29. The van der Waals surface area contributed by atoms with E-state index in [9.17, 15) is 0 Å². The van der Waals surface area contributed by atoms with Crippen LogP contribution < -0.4 is 9.80 Å². The van der Waals surface area contributed by atoms with Crippen molar-refractivity contribution >= 4 is 23.2 Å². The van der Waals surface area contributed by atoms with Crippen molar-refractivity contribution in [3.63, 3.8) is 0 Å². The summed E-state index contributed by atoms with van der Waals surface area (Å²) in [6.07, 6.45) is 1.68. The summed E-state index contributed by atoms with van der Waals surface area (Å²) in [5.74, 6) is 2.01. The molecule has 7 heteroatoms. The Balaban J connectivity index is 1.36. The molecule has 0 aliphatic carbocycles. The molecule has 2 aromatic rings. The second-order valence-electron chi connectivity index (χ2n) is 6.69. The van der Waals surface area contributed by atoms with Crippen molar-refractivity contribution in [1.82, 2.24) is 14.9 Å². The fourth-order valence-corrected chi connectivity index (χ4v) is 3.67. The summed E-state index contributed by atoms with van der Waals surface area (Å²) in [5, 5.41) is 0.848. The molecule has 0 N–H and O–H groups in total. The lowest BCUT2D eigenvalue weighted by Gasteiger charge is -2.36. The third kappa shape index (κ3) is 4.09. The fraction of sp³-hybridized carbons (Fsp3) is 0.474. The first-order valence-corrected chi connectivity index (χ1v) is 9.53. The molecule has 0 atom stereocenters. The average Bonchev–Trinajstić information content (AvgIpc) is 2.71. The van der Waals surface area contributed by atoms with Gasteiger partial charge in [-0.3, -0.25) is 4.90 Å². The topological polar surface area (TPSA) is 44.7 Å². The van der Waals surface area contributed by atoms with Crippen LogP contribution >= 0.6 is 11.6 Å². The maximum Gasteiger partial charge on any atom is 0.134 e. The van der Waals surface area contributed by atoms with E-state index in [2.05, 4.69) is 36.8 Å². The number of ether oxygens (including phenoxy) is 1. The smallest absolute Gasteiger partial charge is 0.134 e. The molecule has 2 saturated heterocycles. The first-order chi connectivity index (χ1) is 12.8. The number of piperazine rings is 1. The van der Waals surface area contributed by atoms with Crippen LogP contribution in [0.25, 0.3) is 0 Å². The van der Waals surface area contributed by atoms with E-state index in [1.54, 1.807) is 6.33 Å². The van der Waals surface area contributed by atoms with E-state index >= 15 is 0 Å². The number of aromatic nitrogens is 2. The standard InChI is InChI=1S/C19H24ClN5O/c20-17-4-2-1-3-16(17)14-23-5-7-24(8-6-23)18-13-19(22-15-21-18)25-9-11-26-12-10-25/h1-4,13,15H,5-12,14H2. The van der Waals surface area contributed by atoms with E-state index < -0.39 is 0 Å². The number of hydrogen-bond donors (Lipinski definition) is 0. The normalized spacial score (nSPS) is 19.0. The zero-order valence-corrected chi connectivity index (χ0v) is 15.6. The van der Waals surface area contributed by atoms with Gasteiger partial charge in [0.2, 0.25) is 0 Å². The van der Waals surface area contributed by atoms with Gasteiger partial charge in [0.15, 0.2) is 0 Å². The lowest BCUT2D eigenvalue weighted by molar-refractivity contribution is 0.122. The van der Waals surface area contributed by atoms with Crippen LogP contribution in [0.15, 0.2) is 36.7 Å². The molecule has 0 amide bonds.